The van der Waals surface area contributed by atoms with E-state index in [9.17, 15) is 0 Å². The summed E-state index contributed by atoms with van der Waals surface area (Å²) in [6.07, 6.45) is 2.90. The van der Waals surface area contributed by atoms with Crippen molar-refractivity contribution in [3.63, 3.8) is 0 Å². The van der Waals surface area contributed by atoms with Crippen molar-refractivity contribution >= 4 is 6.21 Å². The lowest BCUT2D eigenvalue weighted by atomic mass is 9.99. The van der Waals surface area contributed by atoms with Crippen molar-refractivity contribution in [1.82, 2.24) is 0 Å². The zero-order chi connectivity index (χ0) is 8.91. The zero-order valence-corrected chi connectivity index (χ0v) is 7.77. The zero-order valence-electron chi connectivity index (χ0n) is 7.77. The molecule has 1 N–H and O–H groups in total. The summed E-state index contributed by atoms with van der Waals surface area (Å²) >= 11 is 0. The third-order valence-electron chi connectivity index (χ3n) is 1.01. The molecule has 2 heteroatoms. The molecule has 0 aliphatic carbocycles. The summed E-state index contributed by atoms with van der Waals surface area (Å²) in [6.45, 7) is 8.87. The maximum atomic E-state index is 6.87. The van der Waals surface area contributed by atoms with Gasteiger partial charge in [0, 0.05) is 11.8 Å². The first-order valence-corrected chi connectivity index (χ1v) is 3.74. The Morgan fingerprint density at radius 2 is 2.00 bits per heavy atom. The molecule has 0 bridgehead atoms. The van der Waals surface area contributed by atoms with E-state index in [1.54, 1.807) is 6.26 Å². The van der Waals surface area contributed by atoms with Gasteiger partial charge < -0.3 is 10.1 Å². The Bertz CT molecular complexity index is 153. The quantitative estimate of drug-likeness (QED) is 0.493. The lowest BCUT2D eigenvalue weighted by Crippen LogP contribution is -2.12. The van der Waals surface area contributed by atoms with Crippen LogP contribution in [-0.2, 0) is 4.74 Å². The van der Waals surface area contributed by atoms with Gasteiger partial charge in [-0.15, -0.1) is 0 Å². The highest BCUT2D eigenvalue weighted by molar-refractivity contribution is 5.74. The molecule has 0 radical (unpaired) electrons. The second-order valence-electron chi connectivity index (χ2n) is 3.88. The van der Waals surface area contributed by atoms with E-state index in [1.807, 2.05) is 6.92 Å². The van der Waals surface area contributed by atoms with E-state index in [0.717, 1.165) is 5.57 Å². The molecule has 0 spiro atoms. The lowest BCUT2D eigenvalue weighted by Gasteiger charge is -2.16. The number of allylic oxidation sites excluding steroid dienone is 1. The molecular weight excluding hydrogens is 138 g/mol. The predicted octanol–water partition coefficient (Wildman–Crippen LogP) is 2.60. The largest absolute Gasteiger partial charge is 0.500 e. The molecule has 0 atom stereocenters. The van der Waals surface area contributed by atoms with E-state index >= 15 is 0 Å². The van der Waals surface area contributed by atoms with Crippen LogP contribution in [0.5, 0.6) is 0 Å². The fourth-order valence-corrected chi connectivity index (χ4v) is 0.457. The van der Waals surface area contributed by atoms with Crippen LogP contribution >= 0.6 is 0 Å². The molecular formula is C9H17NO. The van der Waals surface area contributed by atoms with Crippen molar-refractivity contribution in [2.75, 3.05) is 6.61 Å². The number of hydrogen-bond donors (Lipinski definition) is 1. The summed E-state index contributed by atoms with van der Waals surface area (Å²) in [5, 5.41) is 6.87. The highest BCUT2D eigenvalue weighted by Crippen LogP contribution is 2.12. The Kier molecular flexibility index (Phi) is 3.86. The van der Waals surface area contributed by atoms with Gasteiger partial charge in [-0.3, -0.25) is 0 Å². The third kappa shape index (κ3) is 7.10. The van der Waals surface area contributed by atoms with Crippen molar-refractivity contribution in [2.24, 2.45) is 5.41 Å². The van der Waals surface area contributed by atoms with Crippen molar-refractivity contribution in [3.8, 4) is 0 Å². The number of ether oxygens (including phenoxy) is 1. The Morgan fingerprint density at radius 3 is 2.36 bits per heavy atom. The molecule has 0 heterocycles. The smallest absolute Gasteiger partial charge is 0.0921 e. The van der Waals surface area contributed by atoms with Gasteiger partial charge in [0.15, 0.2) is 0 Å². The molecule has 0 saturated carbocycles. The number of nitrogens with one attached hydrogen (secondary N) is 1. The topological polar surface area (TPSA) is 33.1 Å². The molecule has 0 aromatic heterocycles. The molecule has 0 fully saturated rings. The van der Waals surface area contributed by atoms with Crippen LogP contribution in [0.4, 0.5) is 0 Å². The predicted molar refractivity (Wildman–Crippen MR) is 47.9 cm³/mol. The van der Waals surface area contributed by atoms with E-state index in [1.165, 1.54) is 6.21 Å². The van der Waals surface area contributed by atoms with Gasteiger partial charge in [-0.25, -0.2) is 0 Å². The highest BCUT2D eigenvalue weighted by Gasteiger charge is 2.08. The second kappa shape index (κ2) is 4.16. The average molecular weight is 155 g/mol. The summed E-state index contributed by atoms with van der Waals surface area (Å²) < 4.78 is 5.24. The van der Waals surface area contributed by atoms with E-state index < -0.39 is 0 Å². The Labute approximate surface area is 68.8 Å². The average Bonchev–Trinajstić information content (AvgIpc) is 1.85. The van der Waals surface area contributed by atoms with Gasteiger partial charge in [-0.1, -0.05) is 20.8 Å². The molecule has 64 valence electrons. The van der Waals surface area contributed by atoms with Crippen molar-refractivity contribution in [3.05, 3.63) is 11.8 Å². The summed E-state index contributed by atoms with van der Waals surface area (Å²) in [5.41, 5.74) is 1.04. The molecule has 2 nitrogen and oxygen atoms in total. The minimum atomic E-state index is 0.193. The Balaban J connectivity index is 3.65. The minimum absolute atomic E-state index is 0.193. The SMILES string of the molecule is C/C(C=N)=C\OCC(C)(C)C. The van der Waals surface area contributed by atoms with Gasteiger partial charge in [0.05, 0.1) is 12.9 Å². The van der Waals surface area contributed by atoms with Crippen LogP contribution in [0.15, 0.2) is 11.8 Å². The van der Waals surface area contributed by atoms with Gasteiger partial charge in [-0.05, 0) is 12.3 Å². The number of hydrogen-bond acceptors (Lipinski definition) is 2. The van der Waals surface area contributed by atoms with Crippen LogP contribution in [0.2, 0.25) is 0 Å². The summed E-state index contributed by atoms with van der Waals surface area (Å²) in [7, 11) is 0. The van der Waals surface area contributed by atoms with Crippen LogP contribution in [0, 0.1) is 10.8 Å². The molecule has 0 saturated heterocycles. The fraction of sp³-hybridized carbons (Fsp3) is 0.667. The normalized spacial score (nSPS) is 12.9. The lowest BCUT2D eigenvalue weighted by molar-refractivity contribution is 0.151. The van der Waals surface area contributed by atoms with Crippen LogP contribution in [0.25, 0.3) is 0 Å². The van der Waals surface area contributed by atoms with E-state index in [0.29, 0.717) is 6.61 Å². The molecule has 0 unspecified atom stereocenters. The van der Waals surface area contributed by atoms with Crippen molar-refractivity contribution in [1.29, 1.82) is 5.41 Å². The molecule has 0 aromatic carbocycles. The van der Waals surface area contributed by atoms with Gasteiger partial charge >= 0.3 is 0 Å². The molecule has 0 rings (SSSR count). The Morgan fingerprint density at radius 1 is 1.45 bits per heavy atom. The van der Waals surface area contributed by atoms with Crippen molar-refractivity contribution in [2.45, 2.75) is 27.7 Å². The van der Waals surface area contributed by atoms with Gasteiger partial charge in [0.25, 0.3) is 0 Å². The van der Waals surface area contributed by atoms with Crippen LogP contribution in [-0.4, -0.2) is 12.8 Å². The minimum Gasteiger partial charge on any atom is -0.500 e. The van der Waals surface area contributed by atoms with Crippen molar-refractivity contribution < 1.29 is 4.74 Å². The fourth-order valence-electron chi connectivity index (χ4n) is 0.457. The molecule has 0 aromatic rings. The first-order chi connectivity index (χ1) is 4.95. The van der Waals surface area contributed by atoms with Gasteiger partial charge in [0.2, 0.25) is 0 Å². The van der Waals surface area contributed by atoms with E-state index in [2.05, 4.69) is 20.8 Å². The molecule has 11 heavy (non-hydrogen) atoms. The maximum absolute atomic E-state index is 6.87. The third-order valence-corrected chi connectivity index (χ3v) is 1.01. The summed E-state index contributed by atoms with van der Waals surface area (Å²) in [5.74, 6) is 0. The molecule has 0 aliphatic rings. The monoisotopic (exact) mass is 155 g/mol. The van der Waals surface area contributed by atoms with Crippen LogP contribution in [0.1, 0.15) is 27.7 Å². The maximum Gasteiger partial charge on any atom is 0.0921 e. The molecule has 0 aliphatic heterocycles. The summed E-state index contributed by atoms with van der Waals surface area (Å²) in [4.78, 5) is 0. The van der Waals surface area contributed by atoms with Crippen LogP contribution < -0.4 is 0 Å². The van der Waals surface area contributed by atoms with Gasteiger partial charge in [-0.2, -0.15) is 0 Å². The van der Waals surface area contributed by atoms with Crippen LogP contribution in [0.3, 0.4) is 0 Å². The second-order valence-corrected chi connectivity index (χ2v) is 3.88. The van der Waals surface area contributed by atoms with E-state index in [4.69, 9.17) is 10.1 Å². The van der Waals surface area contributed by atoms with E-state index in [-0.39, 0.29) is 5.41 Å². The Hall–Kier alpha value is -0.790. The van der Waals surface area contributed by atoms with Gasteiger partial charge in [0.1, 0.15) is 0 Å². The highest BCUT2D eigenvalue weighted by atomic mass is 16.5. The first kappa shape index (κ1) is 10.2. The number of rotatable bonds is 3. The summed E-state index contributed by atoms with van der Waals surface area (Å²) in [6, 6.07) is 0. The standard InChI is InChI=1S/C9H17NO/c1-8(5-10)6-11-7-9(2,3)4/h5-6,10H,7H2,1-4H3/b8-6+,10-5?. The molecule has 0 amide bonds. The first-order valence-electron chi connectivity index (χ1n) is 3.74.